The van der Waals surface area contributed by atoms with E-state index >= 15 is 0 Å². The molecule has 3 nitrogen and oxygen atoms in total. The van der Waals surface area contributed by atoms with Crippen molar-refractivity contribution in [1.29, 1.82) is 0 Å². The maximum atomic E-state index is 5.88. The van der Waals surface area contributed by atoms with Crippen LogP contribution >= 0.6 is 0 Å². The van der Waals surface area contributed by atoms with Gasteiger partial charge in [0, 0.05) is 26.2 Å². The zero-order valence-corrected chi connectivity index (χ0v) is 14.8. The topological polar surface area (TPSA) is 21.7 Å². The third-order valence-corrected chi connectivity index (χ3v) is 4.15. The van der Waals surface area contributed by atoms with E-state index in [9.17, 15) is 0 Å². The Morgan fingerprint density at radius 3 is 2.48 bits per heavy atom. The molecule has 0 aromatic heterocycles. The van der Waals surface area contributed by atoms with Crippen molar-refractivity contribution in [2.24, 2.45) is 11.8 Å². The Labute approximate surface area is 132 Å². The van der Waals surface area contributed by atoms with Crippen LogP contribution in [0.15, 0.2) is 0 Å². The Morgan fingerprint density at radius 1 is 1.05 bits per heavy atom. The highest BCUT2D eigenvalue weighted by atomic mass is 16.5. The monoisotopic (exact) mass is 299 g/mol. The molecule has 1 fully saturated rings. The molecule has 1 aliphatic heterocycles. The molecule has 0 spiro atoms. The van der Waals surface area contributed by atoms with Gasteiger partial charge in [-0.15, -0.1) is 0 Å². The second kappa shape index (κ2) is 11.4. The molecule has 1 rings (SSSR count). The van der Waals surface area contributed by atoms with Gasteiger partial charge in [0.15, 0.2) is 0 Å². The van der Waals surface area contributed by atoms with E-state index in [0.717, 1.165) is 51.3 Å². The molecule has 0 saturated carbocycles. The lowest BCUT2D eigenvalue weighted by molar-refractivity contribution is -0.0406. The van der Waals surface area contributed by atoms with Crippen LogP contribution in [0.2, 0.25) is 0 Å². The van der Waals surface area contributed by atoms with Crippen LogP contribution in [0.25, 0.3) is 0 Å². The Kier molecular flexibility index (Phi) is 10.3. The molecule has 0 aliphatic carbocycles. The van der Waals surface area contributed by atoms with Crippen LogP contribution in [-0.4, -0.2) is 50.5 Å². The van der Waals surface area contributed by atoms with Crippen LogP contribution in [0.5, 0.6) is 0 Å². The molecule has 126 valence electrons. The summed E-state index contributed by atoms with van der Waals surface area (Å²) in [6, 6.07) is 0. The summed E-state index contributed by atoms with van der Waals surface area (Å²) in [5, 5.41) is 0. The maximum Gasteiger partial charge on any atom is 0.0702 e. The molecule has 1 aliphatic rings. The quantitative estimate of drug-likeness (QED) is 0.539. The SMILES string of the molecule is CC(C)CCCOCCN1CCO[C@@H](CCCC(C)C)C1. The lowest BCUT2D eigenvalue weighted by atomic mass is 10.0. The largest absolute Gasteiger partial charge is 0.380 e. The van der Waals surface area contributed by atoms with E-state index in [-0.39, 0.29) is 0 Å². The van der Waals surface area contributed by atoms with Gasteiger partial charge in [0.1, 0.15) is 0 Å². The molecular weight excluding hydrogens is 262 g/mol. The minimum absolute atomic E-state index is 0.443. The summed E-state index contributed by atoms with van der Waals surface area (Å²) in [6.45, 7) is 15.0. The van der Waals surface area contributed by atoms with E-state index in [1.54, 1.807) is 0 Å². The lowest BCUT2D eigenvalue weighted by Crippen LogP contribution is -2.43. The van der Waals surface area contributed by atoms with Crippen molar-refractivity contribution in [3.8, 4) is 0 Å². The molecule has 0 N–H and O–H groups in total. The summed E-state index contributed by atoms with van der Waals surface area (Å²) in [5.74, 6) is 1.60. The van der Waals surface area contributed by atoms with E-state index in [1.807, 2.05) is 0 Å². The van der Waals surface area contributed by atoms with Crippen molar-refractivity contribution in [2.45, 2.75) is 65.9 Å². The van der Waals surface area contributed by atoms with Crippen LogP contribution < -0.4 is 0 Å². The third kappa shape index (κ3) is 10.3. The van der Waals surface area contributed by atoms with Gasteiger partial charge >= 0.3 is 0 Å². The third-order valence-electron chi connectivity index (χ3n) is 4.15. The summed E-state index contributed by atoms with van der Waals surface area (Å²) < 4.78 is 11.6. The van der Waals surface area contributed by atoms with Crippen molar-refractivity contribution in [2.75, 3.05) is 39.5 Å². The Morgan fingerprint density at radius 2 is 1.76 bits per heavy atom. The zero-order valence-electron chi connectivity index (χ0n) is 14.8. The highest BCUT2D eigenvalue weighted by Gasteiger charge is 2.19. The maximum absolute atomic E-state index is 5.88. The molecule has 1 atom stereocenters. The van der Waals surface area contributed by atoms with Gasteiger partial charge in [-0.2, -0.15) is 0 Å². The van der Waals surface area contributed by atoms with Gasteiger partial charge in [-0.3, -0.25) is 4.90 Å². The molecule has 0 aromatic rings. The molecule has 0 amide bonds. The summed E-state index contributed by atoms with van der Waals surface area (Å²) in [5.41, 5.74) is 0. The molecule has 3 heteroatoms. The standard InChI is InChI=1S/C18H37NO2/c1-16(2)7-5-9-18-15-19(11-14-21-18)10-13-20-12-6-8-17(3)4/h16-18H,5-15H2,1-4H3/t18-/m0/s1. The van der Waals surface area contributed by atoms with E-state index in [0.29, 0.717) is 6.10 Å². The number of morpholine rings is 1. The first-order chi connectivity index (χ1) is 10.1. The van der Waals surface area contributed by atoms with E-state index in [4.69, 9.17) is 9.47 Å². The van der Waals surface area contributed by atoms with Gasteiger partial charge in [-0.1, -0.05) is 40.5 Å². The van der Waals surface area contributed by atoms with E-state index in [1.165, 1.54) is 32.1 Å². The predicted octanol–water partition coefficient (Wildman–Crippen LogP) is 3.97. The Balaban J connectivity index is 2.01. The Hall–Kier alpha value is -0.120. The fourth-order valence-corrected chi connectivity index (χ4v) is 2.80. The minimum Gasteiger partial charge on any atom is -0.380 e. The zero-order chi connectivity index (χ0) is 15.5. The van der Waals surface area contributed by atoms with Gasteiger partial charge in [0.25, 0.3) is 0 Å². The number of rotatable bonds is 11. The molecule has 0 bridgehead atoms. The lowest BCUT2D eigenvalue weighted by Gasteiger charge is -2.33. The average molecular weight is 299 g/mol. The summed E-state index contributed by atoms with van der Waals surface area (Å²) in [7, 11) is 0. The van der Waals surface area contributed by atoms with Crippen molar-refractivity contribution >= 4 is 0 Å². The van der Waals surface area contributed by atoms with Gasteiger partial charge in [0.05, 0.1) is 19.3 Å². The number of hydrogen-bond acceptors (Lipinski definition) is 3. The minimum atomic E-state index is 0.443. The fourth-order valence-electron chi connectivity index (χ4n) is 2.80. The molecule has 0 aromatic carbocycles. The van der Waals surface area contributed by atoms with Crippen LogP contribution in [0.1, 0.15) is 59.8 Å². The first kappa shape index (κ1) is 18.9. The molecule has 1 heterocycles. The molecular formula is C18H37NO2. The van der Waals surface area contributed by atoms with Gasteiger partial charge < -0.3 is 9.47 Å². The predicted molar refractivity (Wildman–Crippen MR) is 89.8 cm³/mol. The van der Waals surface area contributed by atoms with Crippen LogP contribution in [0.4, 0.5) is 0 Å². The fraction of sp³-hybridized carbons (Fsp3) is 1.00. The summed E-state index contributed by atoms with van der Waals surface area (Å²) in [4.78, 5) is 2.51. The van der Waals surface area contributed by atoms with Gasteiger partial charge in [-0.05, 0) is 31.1 Å². The van der Waals surface area contributed by atoms with Crippen LogP contribution in [0, 0.1) is 11.8 Å². The molecule has 0 unspecified atom stereocenters. The van der Waals surface area contributed by atoms with Gasteiger partial charge in [0.2, 0.25) is 0 Å². The average Bonchev–Trinajstić information content (AvgIpc) is 2.42. The Bertz CT molecular complexity index is 243. The van der Waals surface area contributed by atoms with Crippen molar-refractivity contribution in [1.82, 2.24) is 4.90 Å². The van der Waals surface area contributed by atoms with Crippen molar-refractivity contribution < 1.29 is 9.47 Å². The van der Waals surface area contributed by atoms with Crippen LogP contribution in [0.3, 0.4) is 0 Å². The van der Waals surface area contributed by atoms with Crippen molar-refractivity contribution in [3.05, 3.63) is 0 Å². The highest BCUT2D eigenvalue weighted by molar-refractivity contribution is 4.71. The van der Waals surface area contributed by atoms with Crippen molar-refractivity contribution in [3.63, 3.8) is 0 Å². The number of nitrogens with zero attached hydrogens (tertiary/aromatic N) is 1. The number of ether oxygens (including phenoxy) is 2. The first-order valence-electron chi connectivity index (χ1n) is 8.99. The van der Waals surface area contributed by atoms with E-state index < -0.39 is 0 Å². The number of hydrogen-bond donors (Lipinski definition) is 0. The molecule has 1 saturated heterocycles. The normalized spacial score (nSPS) is 20.6. The highest BCUT2D eigenvalue weighted by Crippen LogP contribution is 2.14. The van der Waals surface area contributed by atoms with Gasteiger partial charge in [-0.25, -0.2) is 0 Å². The van der Waals surface area contributed by atoms with Crippen LogP contribution in [-0.2, 0) is 9.47 Å². The second-order valence-corrected chi connectivity index (χ2v) is 7.27. The molecule has 0 radical (unpaired) electrons. The smallest absolute Gasteiger partial charge is 0.0702 e. The molecule has 21 heavy (non-hydrogen) atoms. The second-order valence-electron chi connectivity index (χ2n) is 7.27. The summed E-state index contributed by atoms with van der Waals surface area (Å²) >= 11 is 0. The summed E-state index contributed by atoms with van der Waals surface area (Å²) in [6.07, 6.45) is 6.73. The van der Waals surface area contributed by atoms with E-state index in [2.05, 4.69) is 32.6 Å². The first-order valence-corrected chi connectivity index (χ1v) is 8.99.